The highest BCUT2D eigenvalue weighted by atomic mass is 14.2. The molecular weight excluding hydrogens is 432 g/mol. The molecule has 0 spiro atoms. The van der Waals surface area contributed by atoms with Gasteiger partial charge in [-0.15, -0.1) is 0 Å². The van der Waals surface area contributed by atoms with Crippen molar-refractivity contribution in [3.05, 3.63) is 145 Å². The zero-order valence-corrected chi connectivity index (χ0v) is 18.0. The van der Waals surface area contributed by atoms with Gasteiger partial charge in [-0.1, -0.05) is 145 Å². The molecule has 0 N–H and O–H groups in total. The highest BCUT2D eigenvalue weighted by Crippen LogP contribution is 2.45. The third-order valence-electron chi connectivity index (χ3n) is 5.56. The van der Waals surface area contributed by atoms with Gasteiger partial charge in [-0.3, -0.25) is 0 Å². The molecule has 0 nitrogen and oxygen atoms in total. The molecule has 0 amide bonds. The molecule has 7 aromatic rings. The van der Waals surface area contributed by atoms with E-state index in [1.165, 1.54) is 0 Å². The van der Waals surface area contributed by atoms with E-state index in [2.05, 4.69) is 0 Å². The molecule has 0 heterocycles. The molecule has 0 radical (unpaired) electrons. The van der Waals surface area contributed by atoms with E-state index in [0.717, 1.165) is 0 Å². The van der Waals surface area contributed by atoms with Gasteiger partial charge in [0.15, 0.2) is 0 Å². The topological polar surface area (TPSA) is 0 Å². The normalized spacial score (nSPS) is 20.7. The maximum atomic E-state index is 9.26. The first-order chi connectivity index (χ1) is 27.9. The molecule has 0 fully saturated rings. The van der Waals surface area contributed by atoms with E-state index in [9.17, 15) is 8.22 Å². The molecule has 0 aliphatic carbocycles. The minimum absolute atomic E-state index is 0.591. The van der Waals surface area contributed by atoms with Gasteiger partial charge < -0.3 is 0 Å². The Morgan fingerprint density at radius 1 is 0.306 bits per heavy atom. The summed E-state index contributed by atoms with van der Waals surface area (Å²) < 4.78 is 210. The number of hydrogen-bond acceptors (Lipinski definition) is 0. The maximum Gasteiger partial charge on any atom is 0.0629 e. The SMILES string of the molecule is [2H]c1c([2H])c([2H])c(-c2c([2H])c([2H])c(-c3c4c([2H])c([2H])c([2H])c([2H])c4c(-c4c([2H])c([2H])c([2H])c5c([2H])c([2H])c([2H])c([2H])c45)c4c([2H])c([2H])c([2H])c([2H])c34)c([2H])c2[2H])c([2H])c1[2H]. The molecule has 0 heteroatoms. The van der Waals surface area contributed by atoms with Gasteiger partial charge >= 0.3 is 0 Å². The Hall–Kier alpha value is -4.68. The van der Waals surface area contributed by atoms with Gasteiger partial charge in [-0.25, -0.2) is 0 Å². The van der Waals surface area contributed by atoms with Crippen LogP contribution in [0.15, 0.2) is 145 Å². The van der Waals surface area contributed by atoms with E-state index in [0.29, 0.717) is 0 Å². The third kappa shape index (κ3) is 3.31. The minimum atomic E-state index is -1.03. The fraction of sp³-hybridized carbons (Fsp3) is 0. The summed E-state index contributed by atoms with van der Waals surface area (Å²) >= 11 is 0. The van der Waals surface area contributed by atoms with Crippen LogP contribution in [-0.4, -0.2) is 0 Å². The molecule has 0 saturated heterocycles. The van der Waals surface area contributed by atoms with Crippen LogP contribution in [0.2, 0.25) is 0 Å². The Balaban J connectivity index is 1.87. The van der Waals surface area contributed by atoms with Crippen molar-refractivity contribution in [1.82, 2.24) is 0 Å². The Morgan fingerprint density at radius 2 is 0.750 bits per heavy atom. The average Bonchev–Trinajstić information content (AvgIpc) is 3.22. The van der Waals surface area contributed by atoms with Gasteiger partial charge in [0.1, 0.15) is 0 Å². The first-order valence-electron chi connectivity index (χ1n) is 22.5. The molecule has 168 valence electrons. The summed E-state index contributed by atoms with van der Waals surface area (Å²) in [5.74, 6) is 0. The van der Waals surface area contributed by atoms with Crippen LogP contribution >= 0.6 is 0 Å². The summed E-state index contributed by atoms with van der Waals surface area (Å²) in [5.41, 5.74) is -4.29. The quantitative estimate of drug-likeness (QED) is 0.221. The van der Waals surface area contributed by atoms with Gasteiger partial charge in [-0.05, 0) is 65.7 Å². The number of rotatable bonds is 3. The number of fused-ring (bicyclic) bond motifs is 3. The average molecular weight is 481 g/mol. The van der Waals surface area contributed by atoms with Gasteiger partial charge in [0.2, 0.25) is 0 Å². The number of benzene rings is 7. The fourth-order valence-electron chi connectivity index (χ4n) is 4.06. The summed E-state index contributed by atoms with van der Waals surface area (Å²) in [6.45, 7) is 0. The molecule has 0 atom stereocenters. The van der Waals surface area contributed by atoms with Crippen molar-refractivity contribution in [2.45, 2.75) is 0 Å². The van der Waals surface area contributed by atoms with E-state index in [1.54, 1.807) is 0 Å². The van der Waals surface area contributed by atoms with Gasteiger partial charge in [0, 0.05) is 0 Å². The fourth-order valence-corrected chi connectivity index (χ4v) is 4.06. The van der Waals surface area contributed by atoms with Crippen LogP contribution in [0.4, 0.5) is 0 Å². The molecule has 0 saturated carbocycles. The Morgan fingerprint density at radius 3 is 1.39 bits per heavy atom. The lowest BCUT2D eigenvalue weighted by Gasteiger charge is -2.19. The predicted molar refractivity (Wildman–Crippen MR) is 155 cm³/mol. The van der Waals surface area contributed by atoms with E-state index in [-0.39, 0.29) is 0 Å². The first kappa shape index (κ1) is 7.66. The standard InChI is InChI=1S/C36H24/c1-2-11-25(12-3-1)26-21-23-28(24-22-26)35-31-16-6-8-18-33(31)36(34-19-9-7-17-32(34)35)30-20-10-14-27-13-4-5-15-29(27)30/h1-24H/i1D,2D,3D,4D,5D,6D,7D,8D,9D,10D,11D,12D,13D,14D,15D,16D,17D,18D,19D,20D,21D,22D,23D,24D. The molecule has 36 heavy (non-hydrogen) atoms. The van der Waals surface area contributed by atoms with E-state index in [1.807, 2.05) is 0 Å². The van der Waals surface area contributed by atoms with Crippen LogP contribution < -0.4 is 0 Å². The molecule has 0 aromatic heterocycles. The van der Waals surface area contributed by atoms with Gasteiger partial charge in [-0.2, -0.15) is 0 Å². The molecule has 0 unspecified atom stereocenters. The molecule has 7 aromatic carbocycles. The van der Waals surface area contributed by atoms with Gasteiger partial charge in [0.05, 0.1) is 32.9 Å². The van der Waals surface area contributed by atoms with E-state index in [4.69, 9.17) is 24.7 Å². The Bertz CT molecular complexity index is 3040. The number of hydrogen-bond donors (Lipinski definition) is 0. The lowest BCUT2D eigenvalue weighted by Crippen LogP contribution is -1.91. The largest absolute Gasteiger partial charge is 0.0629 e. The van der Waals surface area contributed by atoms with Crippen molar-refractivity contribution in [2.75, 3.05) is 0 Å². The van der Waals surface area contributed by atoms with Crippen molar-refractivity contribution in [1.29, 1.82) is 0 Å². The van der Waals surface area contributed by atoms with Crippen molar-refractivity contribution >= 4 is 32.3 Å². The van der Waals surface area contributed by atoms with E-state index >= 15 is 0 Å². The zero-order chi connectivity index (χ0) is 44.8. The third-order valence-corrected chi connectivity index (χ3v) is 5.56. The van der Waals surface area contributed by atoms with Crippen LogP contribution in [0, 0.1) is 0 Å². The predicted octanol–water partition coefficient (Wildman–Crippen LogP) is 10.1. The molecule has 7 rings (SSSR count). The summed E-state index contributed by atoms with van der Waals surface area (Å²) in [6.07, 6.45) is 0. The first-order valence-corrected chi connectivity index (χ1v) is 10.5. The summed E-state index contributed by atoms with van der Waals surface area (Å²) in [5, 5.41) is -3.94. The van der Waals surface area contributed by atoms with Crippen LogP contribution in [0.3, 0.4) is 0 Å². The van der Waals surface area contributed by atoms with Crippen molar-refractivity contribution in [2.24, 2.45) is 0 Å². The summed E-state index contributed by atoms with van der Waals surface area (Å²) in [7, 11) is 0. The molecular formula is C36H24. The van der Waals surface area contributed by atoms with Crippen LogP contribution in [0.1, 0.15) is 32.9 Å². The monoisotopic (exact) mass is 480 g/mol. The summed E-state index contributed by atoms with van der Waals surface area (Å²) in [4.78, 5) is 0. The second-order valence-corrected chi connectivity index (χ2v) is 7.50. The van der Waals surface area contributed by atoms with Gasteiger partial charge in [0.25, 0.3) is 0 Å². The Labute approximate surface area is 244 Å². The zero-order valence-electron chi connectivity index (χ0n) is 42.0. The summed E-state index contributed by atoms with van der Waals surface area (Å²) in [6, 6.07) is -22.0. The minimum Gasteiger partial charge on any atom is -0.0622 e. The smallest absolute Gasteiger partial charge is 0.0622 e. The van der Waals surface area contributed by atoms with E-state index < -0.39 is 211 Å². The second-order valence-electron chi connectivity index (χ2n) is 7.50. The Kier molecular flexibility index (Phi) is 1.81. The molecule has 0 aliphatic heterocycles. The highest BCUT2D eigenvalue weighted by molar-refractivity contribution is 6.23. The molecule has 0 bridgehead atoms. The van der Waals surface area contributed by atoms with Crippen molar-refractivity contribution < 1.29 is 32.9 Å². The molecule has 0 aliphatic rings. The second kappa shape index (κ2) is 8.52. The van der Waals surface area contributed by atoms with Crippen LogP contribution in [0.25, 0.3) is 65.7 Å². The maximum absolute atomic E-state index is 9.26. The van der Waals surface area contributed by atoms with Crippen molar-refractivity contribution in [3.63, 3.8) is 0 Å². The van der Waals surface area contributed by atoms with Crippen LogP contribution in [-0.2, 0) is 0 Å². The van der Waals surface area contributed by atoms with Crippen molar-refractivity contribution in [3.8, 4) is 33.4 Å². The highest BCUT2D eigenvalue weighted by Gasteiger charge is 2.17. The lowest BCUT2D eigenvalue weighted by atomic mass is 9.84. The lowest BCUT2D eigenvalue weighted by molar-refractivity contribution is 1.61. The van der Waals surface area contributed by atoms with Crippen LogP contribution in [0.5, 0.6) is 0 Å².